The zero-order valence-electron chi connectivity index (χ0n) is 4.26. The van der Waals surface area contributed by atoms with Gasteiger partial charge in [-0.15, -0.1) is 5.06 Å². The number of alkyl halides is 1. The number of aliphatic hydroxyl groups excluding tert-OH is 1. The highest BCUT2D eigenvalue weighted by Crippen LogP contribution is 1.94. The molecule has 0 rings (SSSR count). The molecular weight excluding hydrogens is 117 g/mol. The highest BCUT2D eigenvalue weighted by Gasteiger charge is 2.01. The highest BCUT2D eigenvalue weighted by atomic mass is 35.5. The fourth-order valence-electron chi connectivity index (χ4n) is 0.0870. The number of aliphatic hydroxyl groups is 1. The first kappa shape index (κ1) is 7.17. The van der Waals surface area contributed by atoms with Crippen molar-refractivity contribution in [1.82, 2.24) is 5.06 Å². The van der Waals surface area contributed by atoms with Gasteiger partial charge in [0.1, 0.15) is 0 Å². The summed E-state index contributed by atoms with van der Waals surface area (Å²) in [6.45, 7) is 0. The van der Waals surface area contributed by atoms with E-state index in [2.05, 4.69) is 4.84 Å². The van der Waals surface area contributed by atoms with Crippen LogP contribution in [0.25, 0.3) is 0 Å². The first-order valence-electron chi connectivity index (χ1n) is 1.77. The summed E-state index contributed by atoms with van der Waals surface area (Å²) in [4.78, 5) is 4.46. The van der Waals surface area contributed by atoms with Crippen LogP contribution in [0.1, 0.15) is 0 Å². The van der Waals surface area contributed by atoms with Crippen LogP contribution in [0.3, 0.4) is 0 Å². The third kappa shape index (κ3) is 2.82. The van der Waals surface area contributed by atoms with Gasteiger partial charge in [-0.05, 0) is 0 Å². The summed E-state index contributed by atoms with van der Waals surface area (Å²) in [6, 6.07) is 0. The maximum atomic E-state index is 8.39. The second kappa shape index (κ2) is 3.21. The summed E-state index contributed by atoms with van der Waals surface area (Å²) in [7, 11) is 2.95. The Morgan fingerprint density at radius 1 is 1.86 bits per heavy atom. The molecule has 0 aliphatic carbocycles. The van der Waals surface area contributed by atoms with Crippen molar-refractivity contribution in [3.05, 3.63) is 0 Å². The van der Waals surface area contributed by atoms with Gasteiger partial charge in [0.15, 0.2) is 0 Å². The Labute approximate surface area is 47.4 Å². The van der Waals surface area contributed by atoms with Crippen molar-refractivity contribution in [3.8, 4) is 0 Å². The maximum Gasteiger partial charge on any atom is 0.206 e. The van der Waals surface area contributed by atoms with Crippen LogP contribution < -0.4 is 0 Å². The molecule has 3 nitrogen and oxygen atoms in total. The molecule has 0 spiro atoms. The Balaban J connectivity index is 3.14. The predicted molar refractivity (Wildman–Crippen MR) is 26.6 cm³/mol. The van der Waals surface area contributed by atoms with E-state index in [-0.39, 0.29) is 0 Å². The zero-order chi connectivity index (χ0) is 5.86. The fraction of sp³-hybridized carbons (Fsp3) is 1.00. The van der Waals surface area contributed by atoms with Gasteiger partial charge < -0.3 is 5.11 Å². The summed E-state index contributed by atoms with van der Waals surface area (Å²) < 4.78 is 0. The highest BCUT2D eigenvalue weighted by molar-refractivity contribution is 6.19. The lowest BCUT2D eigenvalue weighted by Crippen LogP contribution is -2.24. The molecule has 1 atom stereocenters. The average Bonchev–Trinajstić information content (AvgIpc) is 1.65. The number of hydroxylamine groups is 2. The minimum Gasteiger partial charge on any atom is -0.363 e. The lowest BCUT2D eigenvalue weighted by molar-refractivity contribution is -0.171. The molecule has 44 valence electrons. The minimum atomic E-state index is -1.05. The molecule has 0 aromatic rings. The van der Waals surface area contributed by atoms with E-state index >= 15 is 0 Å². The molecule has 0 aliphatic rings. The van der Waals surface area contributed by atoms with E-state index in [4.69, 9.17) is 16.7 Å². The molecule has 0 saturated carbocycles. The van der Waals surface area contributed by atoms with Crippen molar-refractivity contribution >= 4 is 11.6 Å². The number of hydrogen-bond acceptors (Lipinski definition) is 3. The molecule has 0 bridgehead atoms. The number of halogens is 1. The molecule has 0 amide bonds. The Morgan fingerprint density at radius 2 is 2.29 bits per heavy atom. The molecule has 0 heterocycles. The Hall–Kier alpha value is 0.170. The van der Waals surface area contributed by atoms with E-state index in [1.165, 1.54) is 14.2 Å². The Bertz CT molecular complexity index is 50.2. The van der Waals surface area contributed by atoms with Crippen LogP contribution in [0.2, 0.25) is 0 Å². The van der Waals surface area contributed by atoms with Gasteiger partial charge in [-0.2, -0.15) is 0 Å². The van der Waals surface area contributed by atoms with Gasteiger partial charge in [-0.1, -0.05) is 11.6 Å². The lowest BCUT2D eigenvalue weighted by Gasteiger charge is -2.13. The van der Waals surface area contributed by atoms with Gasteiger partial charge >= 0.3 is 0 Å². The minimum absolute atomic E-state index is 1.05. The number of nitrogens with zero attached hydrogens (tertiary/aromatic N) is 1. The molecule has 0 aromatic carbocycles. The molecular formula is C3H8ClNO2. The second-order valence-electron chi connectivity index (χ2n) is 1.04. The second-order valence-corrected chi connectivity index (χ2v) is 1.43. The van der Waals surface area contributed by atoms with Gasteiger partial charge in [-0.3, -0.25) is 4.84 Å². The molecule has 1 unspecified atom stereocenters. The van der Waals surface area contributed by atoms with Gasteiger partial charge in [0.25, 0.3) is 0 Å². The summed E-state index contributed by atoms with van der Waals surface area (Å²) >= 11 is 5.08. The number of rotatable bonds is 2. The van der Waals surface area contributed by atoms with E-state index < -0.39 is 5.69 Å². The summed E-state index contributed by atoms with van der Waals surface area (Å²) in [5.41, 5.74) is -1.05. The van der Waals surface area contributed by atoms with E-state index in [1.807, 2.05) is 0 Å². The molecule has 1 N–H and O–H groups in total. The third-order valence-corrected chi connectivity index (χ3v) is 0.863. The first-order valence-corrected chi connectivity index (χ1v) is 2.21. The lowest BCUT2D eigenvalue weighted by atomic mass is 11.1. The largest absolute Gasteiger partial charge is 0.363 e. The van der Waals surface area contributed by atoms with Crippen LogP contribution in [0.5, 0.6) is 0 Å². The van der Waals surface area contributed by atoms with Crippen LogP contribution in [-0.2, 0) is 4.84 Å². The van der Waals surface area contributed by atoms with Crippen molar-refractivity contribution in [2.75, 3.05) is 14.2 Å². The van der Waals surface area contributed by atoms with Crippen LogP contribution in [0, 0.1) is 0 Å². The van der Waals surface area contributed by atoms with Crippen molar-refractivity contribution in [2.45, 2.75) is 5.69 Å². The molecule has 0 aromatic heterocycles. The third-order valence-electron chi connectivity index (χ3n) is 0.588. The van der Waals surface area contributed by atoms with Crippen molar-refractivity contribution in [1.29, 1.82) is 0 Å². The molecule has 7 heavy (non-hydrogen) atoms. The van der Waals surface area contributed by atoms with E-state index in [0.29, 0.717) is 0 Å². The van der Waals surface area contributed by atoms with E-state index in [9.17, 15) is 0 Å². The van der Waals surface area contributed by atoms with Crippen molar-refractivity contribution < 1.29 is 9.94 Å². The number of hydrogen-bond donors (Lipinski definition) is 1. The van der Waals surface area contributed by atoms with Crippen LogP contribution in [-0.4, -0.2) is 30.0 Å². The normalized spacial score (nSPS) is 15.0. The summed E-state index contributed by atoms with van der Waals surface area (Å²) in [5.74, 6) is 0. The average molecular weight is 126 g/mol. The molecule has 0 radical (unpaired) electrons. The van der Waals surface area contributed by atoms with E-state index in [1.54, 1.807) is 0 Å². The maximum absolute atomic E-state index is 8.39. The zero-order valence-corrected chi connectivity index (χ0v) is 5.01. The molecule has 0 aliphatic heterocycles. The van der Waals surface area contributed by atoms with Gasteiger partial charge in [0.05, 0.1) is 7.11 Å². The summed E-state index contributed by atoms with van der Waals surface area (Å²) in [5, 5.41) is 9.50. The van der Waals surface area contributed by atoms with Crippen molar-refractivity contribution in [2.24, 2.45) is 0 Å². The van der Waals surface area contributed by atoms with E-state index in [0.717, 1.165) is 5.06 Å². The Morgan fingerprint density at radius 3 is 2.29 bits per heavy atom. The monoisotopic (exact) mass is 125 g/mol. The fourth-order valence-corrected chi connectivity index (χ4v) is 0.167. The van der Waals surface area contributed by atoms with Crippen LogP contribution in [0.4, 0.5) is 0 Å². The molecule has 0 saturated heterocycles. The standard InChI is InChI=1S/C3H8ClNO2/c1-5(7-2)3(4)6/h3,6H,1-2H3. The Kier molecular flexibility index (Phi) is 3.29. The smallest absolute Gasteiger partial charge is 0.206 e. The van der Waals surface area contributed by atoms with Crippen LogP contribution in [0.15, 0.2) is 0 Å². The van der Waals surface area contributed by atoms with Crippen molar-refractivity contribution in [3.63, 3.8) is 0 Å². The quantitative estimate of drug-likeness (QED) is 0.244. The van der Waals surface area contributed by atoms with Gasteiger partial charge in [-0.25, -0.2) is 0 Å². The van der Waals surface area contributed by atoms with Crippen LogP contribution >= 0.6 is 11.6 Å². The predicted octanol–water partition coefficient (Wildman–Crippen LogP) is -0.00570. The summed E-state index contributed by atoms with van der Waals surface area (Å²) in [6.07, 6.45) is 0. The molecule has 4 heteroatoms. The topological polar surface area (TPSA) is 32.7 Å². The van der Waals surface area contributed by atoms with Gasteiger partial charge in [0.2, 0.25) is 5.69 Å². The van der Waals surface area contributed by atoms with Gasteiger partial charge in [0, 0.05) is 7.05 Å². The first-order chi connectivity index (χ1) is 3.18. The molecule has 0 fully saturated rings. The SMILES string of the molecule is CON(C)C(O)Cl.